The topological polar surface area (TPSA) is 85.9 Å². The lowest BCUT2D eigenvalue weighted by Crippen LogP contribution is -2.48. The van der Waals surface area contributed by atoms with Gasteiger partial charge < -0.3 is 24.8 Å². The molecule has 1 atom stereocenters. The third-order valence-electron chi connectivity index (χ3n) is 3.95. The molecular formula is C20H29ClN2O5. The number of hydrogen-bond acceptors (Lipinski definition) is 5. The molecule has 1 aliphatic rings. The molecule has 1 heterocycles. The smallest absolute Gasteiger partial charge is 0.408 e. The summed E-state index contributed by atoms with van der Waals surface area (Å²) in [6.45, 7) is 8.66. The Morgan fingerprint density at radius 1 is 1.25 bits per heavy atom. The molecule has 0 bridgehead atoms. The van der Waals surface area contributed by atoms with E-state index in [9.17, 15) is 9.59 Å². The summed E-state index contributed by atoms with van der Waals surface area (Å²) < 4.78 is 16.3. The fraction of sp³-hybridized carbons (Fsp3) is 0.600. The third-order valence-corrected chi connectivity index (χ3v) is 4.24. The number of nitrogens with one attached hydrogen (secondary N) is 2. The molecular weight excluding hydrogens is 384 g/mol. The summed E-state index contributed by atoms with van der Waals surface area (Å²) in [5.74, 6) is 0.942. The Balaban J connectivity index is 1.88. The van der Waals surface area contributed by atoms with Crippen molar-refractivity contribution in [3.8, 4) is 11.5 Å². The molecule has 2 N–H and O–H groups in total. The van der Waals surface area contributed by atoms with Crippen LogP contribution in [0.4, 0.5) is 4.79 Å². The summed E-state index contributed by atoms with van der Waals surface area (Å²) in [6, 6.07) is 3.04. The molecule has 0 radical (unpaired) electrons. The van der Waals surface area contributed by atoms with Crippen LogP contribution in [0.25, 0.3) is 0 Å². The average molecular weight is 413 g/mol. The highest BCUT2D eigenvalue weighted by Gasteiger charge is 2.23. The monoisotopic (exact) mass is 412 g/mol. The summed E-state index contributed by atoms with van der Waals surface area (Å²) >= 11 is 6.24. The van der Waals surface area contributed by atoms with Crippen molar-refractivity contribution in [2.45, 2.75) is 58.6 Å². The van der Waals surface area contributed by atoms with E-state index in [1.807, 2.05) is 19.1 Å². The summed E-state index contributed by atoms with van der Waals surface area (Å²) in [6.07, 6.45) is 1.26. The lowest BCUT2D eigenvalue weighted by atomic mass is 10.1. The van der Waals surface area contributed by atoms with Crippen LogP contribution >= 0.6 is 11.6 Å². The maximum Gasteiger partial charge on any atom is 0.408 e. The van der Waals surface area contributed by atoms with Gasteiger partial charge in [0.05, 0.1) is 5.02 Å². The van der Waals surface area contributed by atoms with Crippen molar-refractivity contribution >= 4 is 23.6 Å². The van der Waals surface area contributed by atoms with Crippen molar-refractivity contribution in [1.82, 2.24) is 10.6 Å². The molecule has 7 nitrogen and oxygen atoms in total. The highest BCUT2D eigenvalue weighted by atomic mass is 35.5. The van der Waals surface area contributed by atoms with Crippen molar-refractivity contribution in [1.29, 1.82) is 0 Å². The van der Waals surface area contributed by atoms with Gasteiger partial charge in [0.1, 0.15) is 24.9 Å². The SMILES string of the molecule is CCC[C@H](NC(=O)OC(C)(C)C)C(=O)NCCc1cc(Cl)c2c(c1)OCCO2. The fourth-order valence-electron chi connectivity index (χ4n) is 2.77. The Labute approximate surface area is 171 Å². The Kier molecular flexibility index (Phi) is 7.80. The number of benzene rings is 1. The van der Waals surface area contributed by atoms with Crippen LogP contribution in [0.1, 0.15) is 46.1 Å². The number of fused-ring (bicyclic) bond motifs is 1. The van der Waals surface area contributed by atoms with Crippen molar-refractivity contribution in [2.24, 2.45) is 0 Å². The van der Waals surface area contributed by atoms with E-state index in [0.717, 1.165) is 12.0 Å². The number of carbonyl (C=O) groups is 2. The number of carbonyl (C=O) groups excluding carboxylic acids is 2. The van der Waals surface area contributed by atoms with E-state index < -0.39 is 17.7 Å². The molecule has 8 heteroatoms. The molecule has 156 valence electrons. The maximum absolute atomic E-state index is 12.5. The summed E-state index contributed by atoms with van der Waals surface area (Å²) in [7, 11) is 0. The minimum Gasteiger partial charge on any atom is -0.486 e. The molecule has 0 unspecified atom stereocenters. The van der Waals surface area contributed by atoms with Crippen LogP contribution in [0.15, 0.2) is 12.1 Å². The van der Waals surface area contributed by atoms with Crippen molar-refractivity contribution in [3.63, 3.8) is 0 Å². The van der Waals surface area contributed by atoms with E-state index in [4.69, 9.17) is 25.8 Å². The Bertz CT molecular complexity index is 703. The van der Waals surface area contributed by atoms with Crippen molar-refractivity contribution in [3.05, 3.63) is 22.7 Å². The van der Waals surface area contributed by atoms with E-state index in [1.165, 1.54) is 0 Å². The van der Waals surface area contributed by atoms with Gasteiger partial charge in [-0.25, -0.2) is 4.79 Å². The molecule has 0 saturated heterocycles. The number of ether oxygens (including phenoxy) is 3. The molecule has 0 spiro atoms. The van der Waals surface area contributed by atoms with Gasteiger partial charge in [-0.05, 0) is 51.3 Å². The summed E-state index contributed by atoms with van der Waals surface area (Å²) in [5.41, 5.74) is 0.316. The molecule has 1 aromatic rings. The van der Waals surface area contributed by atoms with Gasteiger partial charge in [0.2, 0.25) is 5.91 Å². The van der Waals surface area contributed by atoms with E-state index >= 15 is 0 Å². The number of hydrogen-bond donors (Lipinski definition) is 2. The first-order valence-corrected chi connectivity index (χ1v) is 9.92. The normalized spacial score (nSPS) is 14.2. The van der Waals surface area contributed by atoms with Gasteiger partial charge in [-0.15, -0.1) is 0 Å². The predicted molar refractivity (Wildman–Crippen MR) is 107 cm³/mol. The Hall–Kier alpha value is -2.15. The van der Waals surface area contributed by atoms with Crippen LogP contribution < -0.4 is 20.1 Å². The first-order valence-electron chi connectivity index (χ1n) is 9.55. The average Bonchev–Trinajstić information content (AvgIpc) is 2.60. The molecule has 2 amide bonds. The highest BCUT2D eigenvalue weighted by molar-refractivity contribution is 6.32. The molecule has 0 fully saturated rings. The summed E-state index contributed by atoms with van der Waals surface area (Å²) in [5, 5.41) is 6.00. The molecule has 0 saturated carbocycles. The maximum atomic E-state index is 12.5. The first kappa shape index (κ1) is 22.1. The lowest BCUT2D eigenvalue weighted by Gasteiger charge is -2.23. The van der Waals surface area contributed by atoms with Gasteiger partial charge in [-0.2, -0.15) is 0 Å². The van der Waals surface area contributed by atoms with Crippen LogP contribution in [0.2, 0.25) is 5.02 Å². The zero-order chi connectivity index (χ0) is 20.7. The van der Waals surface area contributed by atoms with Crippen LogP contribution in [0.5, 0.6) is 11.5 Å². The van der Waals surface area contributed by atoms with E-state index in [-0.39, 0.29) is 5.91 Å². The molecule has 1 aromatic carbocycles. The minimum atomic E-state index is -0.635. The van der Waals surface area contributed by atoms with E-state index in [0.29, 0.717) is 49.1 Å². The quantitative estimate of drug-likeness (QED) is 0.716. The first-order chi connectivity index (χ1) is 13.2. The molecule has 28 heavy (non-hydrogen) atoms. The standard InChI is InChI=1S/C20H29ClN2O5/c1-5-6-15(23-19(25)28-20(2,3)4)18(24)22-8-7-13-11-14(21)17-16(12-13)26-9-10-27-17/h11-12,15H,5-10H2,1-4H3,(H,22,24)(H,23,25)/t15-/m0/s1. The van der Waals surface area contributed by atoms with Gasteiger partial charge in [-0.3, -0.25) is 4.79 Å². The Morgan fingerprint density at radius 3 is 2.64 bits per heavy atom. The van der Waals surface area contributed by atoms with Crippen molar-refractivity contribution < 1.29 is 23.8 Å². The van der Waals surface area contributed by atoms with Crippen LogP contribution in [0.3, 0.4) is 0 Å². The fourth-order valence-corrected chi connectivity index (χ4v) is 3.06. The van der Waals surface area contributed by atoms with Crippen LogP contribution in [-0.4, -0.2) is 43.4 Å². The van der Waals surface area contributed by atoms with Gasteiger partial charge in [0.25, 0.3) is 0 Å². The van der Waals surface area contributed by atoms with E-state index in [2.05, 4.69) is 10.6 Å². The van der Waals surface area contributed by atoms with Crippen LogP contribution in [-0.2, 0) is 16.0 Å². The Morgan fingerprint density at radius 2 is 1.96 bits per heavy atom. The van der Waals surface area contributed by atoms with Gasteiger partial charge in [-0.1, -0.05) is 24.9 Å². The van der Waals surface area contributed by atoms with Gasteiger partial charge >= 0.3 is 6.09 Å². The largest absolute Gasteiger partial charge is 0.486 e. The highest BCUT2D eigenvalue weighted by Crippen LogP contribution is 2.38. The zero-order valence-corrected chi connectivity index (χ0v) is 17.6. The number of alkyl carbamates (subject to hydrolysis) is 1. The predicted octanol–water partition coefficient (Wildman–Crippen LogP) is 3.46. The summed E-state index contributed by atoms with van der Waals surface area (Å²) in [4.78, 5) is 24.4. The molecule has 0 aliphatic carbocycles. The number of amides is 2. The molecule has 1 aliphatic heterocycles. The van der Waals surface area contributed by atoms with Gasteiger partial charge in [0.15, 0.2) is 11.5 Å². The minimum absolute atomic E-state index is 0.239. The third kappa shape index (κ3) is 6.78. The second kappa shape index (κ2) is 9.87. The lowest BCUT2D eigenvalue weighted by molar-refractivity contribution is -0.123. The molecule has 2 rings (SSSR count). The molecule has 0 aromatic heterocycles. The second-order valence-corrected chi connectivity index (χ2v) is 8.04. The second-order valence-electron chi connectivity index (χ2n) is 7.63. The number of rotatable bonds is 7. The van der Waals surface area contributed by atoms with Gasteiger partial charge in [0, 0.05) is 6.54 Å². The van der Waals surface area contributed by atoms with Crippen molar-refractivity contribution in [2.75, 3.05) is 19.8 Å². The zero-order valence-electron chi connectivity index (χ0n) is 16.9. The van der Waals surface area contributed by atoms with Crippen LogP contribution in [0, 0.1) is 0 Å². The van der Waals surface area contributed by atoms with E-state index in [1.54, 1.807) is 20.8 Å². The number of halogens is 1.